The third kappa shape index (κ3) is 4.11. The molecule has 0 atom stereocenters. The van der Waals surface area contributed by atoms with Crippen LogP contribution in [0.25, 0.3) is 67.1 Å². The number of aromatic nitrogens is 3. The Morgan fingerprint density at radius 2 is 1.07 bits per heavy atom. The Kier molecular flexibility index (Phi) is 5.53. The summed E-state index contributed by atoms with van der Waals surface area (Å²) >= 11 is 0. The van der Waals surface area contributed by atoms with Gasteiger partial charge in [0.1, 0.15) is 0 Å². The number of fused-ring (bicyclic) bond motifs is 4. The Bertz CT molecular complexity index is 2040. The lowest BCUT2D eigenvalue weighted by molar-refractivity contribution is 1.20. The van der Waals surface area contributed by atoms with Gasteiger partial charge in [0.2, 0.25) is 0 Å². The van der Waals surface area contributed by atoms with E-state index in [-0.39, 0.29) is 0 Å². The zero-order valence-corrected chi connectivity index (χ0v) is 22.3. The van der Waals surface area contributed by atoms with Gasteiger partial charge in [-0.05, 0) is 45.5 Å². The summed E-state index contributed by atoms with van der Waals surface area (Å²) in [4.78, 5) is 14.9. The number of hydrogen-bond donors (Lipinski definition) is 0. The maximum atomic E-state index is 5.10. The topological polar surface area (TPSA) is 38.7 Å². The fourth-order valence-electron chi connectivity index (χ4n) is 5.95. The molecule has 8 rings (SSSR count). The summed E-state index contributed by atoms with van der Waals surface area (Å²) in [6, 6.07) is 46.6. The molecule has 192 valence electrons. The van der Waals surface area contributed by atoms with Gasteiger partial charge in [0.05, 0.1) is 16.9 Å². The van der Waals surface area contributed by atoms with Crippen molar-refractivity contribution in [3.05, 3.63) is 151 Å². The molecular formula is C38H25N3. The summed E-state index contributed by atoms with van der Waals surface area (Å²) in [6.45, 7) is 0. The molecule has 0 unspecified atom stereocenters. The molecule has 1 aliphatic carbocycles. The van der Waals surface area contributed by atoms with E-state index in [0.717, 1.165) is 51.2 Å². The van der Waals surface area contributed by atoms with Crippen LogP contribution < -0.4 is 0 Å². The largest absolute Gasteiger partial charge is 0.256 e. The number of benzene rings is 5. The van der Waals surface area contributed by atoms with E-state index in [0.29, 0.717) is 0 Å². The van der Waals surface area contributed by atoms with Crippen LogP contribution in [0, 0.1) is 0 Å². The summed E-state index contributed by atoms with van der Waals surface area (Å²) in [7, 11) is 0. The van der Waals surface area contributed by atoms with Crippen molar-refractivity contribution in [1.29, 1.82) is 0 Å². The highest BCUT2D eigenvalue weighted by Crippen LogP contribution is 2.40. The zero-order valence-electron chi connectivity index (χ0n) is 22.3. The number of hydrogen-bond acceptors (Lipinski definition) is 3. The van der Waals surface area contributed by atoms with Crippen molar-refractivity contribution in [2.75, 3.05) is 0 Å². The molecule has 3 heteroatoms. The quantitative estimate of drug-likeness (QED) is 0.231. The summed E-state index contributed by atoms with van der Waals surface area (Å²) in [5, 5.41) is 1.05. The lowest BCUT2D eigenvalue weighted by atomic mass is 9.99. The minimum atomic E-state index is 0.719. The van der Waals surface area contributed by atoms with Crippen LogP contribution in [0.4, 0.5) is 0 Å². The molecule has 2 aromatic heterocycles. The van der Waals surface area contributed by atoms with E-state index in [1.165, 1.54) is 33.4 Å². The van der Waals surface area contributed by atoms with Gasteiger partial charge in [0, 0.05) is 34.7 Å². The van der Waals surface area contributed by atoms with Crippen LogP contribution in [0.3, 0.4) is 0 Å². The predicted molar refractivity (Wildman–Crippen MR) is 167 cm³/mol. The molecule has 41 heavy (non-hydrogen) atoms. The lowest BCUT2D eigenvalue weighted by Crippen LogP contribution is -1.96. The summed E-state index contributed by atoms with van der Waals surface area (Å²) < 4.78 is 0. The second kappa shape index (κ2) is 9.65. The molecule has 0 radical (unpaired) electrons. The summed E-state index contributed by atoms with van der Waals surface area (Å²) in [6.07, 6.45) is 2.84. The van der Waals surface area contributed by atoms with E-state index in [4.69, 9.17) is 15.0 Å². The number of para-hydroxylation sites is 1. The number of pyridine rings is 1. The first-order chi connectivity index (χ1) is 20.3. The van der Waals surface area contributed by atoms with Gasteiger partial charge in [-0.15, -0.1) is 0 Å². The molecular weight excluding hydrogens is 498 g/mol. The molecule has 5 aromatic carbocycles. The van der Waals surface area contributed by atoms with E-state index in [9.17, 15) is 0 Å². The van der Waals surface area contributed by atoms with Crippen molar-refractivity contribution in [3.63, 3.8) is 0 Å². The van der Waals surface area contributed by atoms with E-state index in [1.807, 2.05) is 24.4 Å². The van der Waals surface area contributed by atoms with Gasteiger partial charge in [-0.3, -0.25) is 4.98 Å². The van der Waals surface area contributed by atoms with Crippen LogP contribution in [0.2, 0.25) is 0 Å². The Morgan fingerprint density at radius 3 is 1.90 bits per heavy atom. The molecule has 0 bridgehead atoms. The van der Waals surface area contributed by atoms with Crippen LogP contribution in [-0.4, -0.2) is 15.0 Å². The van der Waals surface area contributed by atoms with Gasteiger partial charge in [-0.1, -0.05) is 121 Å². The predicted octanol–water partition coefficient (Wildman–Crippen LogP) is 9.26. The normalized spacial score (nSPS) is 11.8. The molecule has 0 fully saturated rings. The van der Waals surface area contributed by atoms with Crippen molar-refractivity contribution >= 4 is 10.9 Å². The second-order valence-electron chi connectivity index (χ2n) is 10.5. The molecule has 1 aliphatic rings. The third-order valence-corrected chi connectivity index (χ3v) is 8.02. The van der Waals surface area contributed by atoms with Crippen molar-refractivity contribution < 1.29 is 0 Å². The van der Waals surface area contributed by atoms with Gasteiger partial charge in [-0.2, -0.15) is 0 Å². The van der Waals surface area contributed by atoms with Crippen molar-refractivity contribution in [2.45, 2.75) is 6.42 Å². The average molecular weight is 524 g/mol. The van der Waals surface area contributed by atoms with Crippen LogP contribution in [0.5, 0.6) is 0 Å². The zero-order chi connectivity index (χ0) is 27.2. The SMILES string of the molecule is c1ccc(-c2ccc(-c3nc(-c4ccc(-c5nccc6c5Cc5ccccc5-6)cc4)nc4ccccc34)cc2)cc1. The highest BCUT2D eigenvalue weighted by Gasteiger charge is 2.22. The first-order valence-electron chi connectivity index (χ1n) is 13.9. The Morgan fingerprint density at radius 1 is 0.439 bits per heavy atom. The van der Waals surface area contributed by atoms with Gasteiger partial charge in [0.25, 0.3) is 0 Å². The minimum Gasteiger partial charge on any atom is -0.256 e. The van der Waals surface area contributed by atoms with E-state index in [1.54, 1.807) is 0 Å². The Labute approximate surface area is 238 Å². The van der Waals surface area contributed by atoms with Crippen molar-refractivity contribution in [2.24, 2.45) is 0 Å². The maximum absolute atomic E-state index is 5.10. The fraction of sp³-hybridized carbons (Fsp3) is 0.0263. The van der Waals surface area contributed by atoms with Crippen LogP contribution in [0.15, 0.2) is 140 Å². The summed E-state index contributed by atoms with van der Waals surface area (Å²) in [5.41, 5.74) is 13.7. The molecule has 0 saturated heterocycles. The summed E-state index contributed by atoms with van der Waals surface area (Å²) in [5.74, 6) is 0.719. The third-order valence-electron chi connectivity index (χ3n) is 8.02. The average Bonchev–Trinajstić information content (AvgIpc) is 3.44. The Balaban J connectivity index is 1.17. The highest BCUT2D eigenvalue weighted by molar-refractivity contribution is 5.94. The van der Waals surface area contributed by atoms with Crippen molar-refractivity contribution in [3.8, 4) is 56.2 Å². The number of rotatable bonds is 4. The molecule has 0 spiro atoms. The number of nitrogens with zero attached hydrogens (tertiary/aromatic N) is 3. The van der Waals surface area contributed by atoms with Gasteiger partial charge < -0.3 is 0 Å². The van der Waals surface area contributed by atoms with Crippen molar-refractivity contribution in [1.82, 2.24) is 15.0 Å². The highest BCUT2D eigenvalue weighted by atomic mass is 14.9. The molecule has 7 aromatic rings. The lowest BCUT2D eigenvalue weighted by Gasteiger charge is -2.11. The van der Waals surface area contributed by atoms with Crippen LogP contribution >= 0.6 is 0 Å². The van der Waals surface area contributed by atoms with Crippen LogP contribution in [0.1, 0.15) is 11.1 Å². The first kappa shape index (κ1) is 23.5. The maximum Gasteiger partial charge on any atom is 0.160 e. The second-order valence-corrected chi connectivity index (χ2v) is 10.5. The molecule has 0 N–H and O–H groups in total. The van der Waals surface area contributed by atoms with E-state index >= 15 is 0 Å². The van der Waals surface area contributed by atoms with Gasteiger partial charge >= 0.3 is 0 Å². The molecule has 0 saturated carbocycles. The van der Waals surface area contributed by atoms with Gasteiger partial charge in [-0.25, -0.2) is 9.97 Å². The molecule has 0 aliphatic heterocycles. The van der Waals surface area contributed by atoms with E-state index < -0.39 is 0 Å². The first-order valence-corrected chi connectivity index (χ1v) is 13.9. The smallest absolute Gasteiger partial charge is 0.160 e. The van der Waals surface area contributed by atoms with E-state index in [2.05, 4.69) is 115 Å². The van der Waals surface area contributed by atoms with Gasteiger partial charge in [0.15, 0.2) is 5.82 Å². The molecule has 3 nitrogen and oxygen atoms in total. The Hall–Kier alpha value is -5.41. The minimum absolute atomic E-state index is 0.719. The van der Waals surface area contributed by atoms with Crippen LogP contribution in [-0.2, 0) is 6.42 Å². The fourth-order valence-corrected chi connectivity index (χ4v) is 5.95. The molecule has 2 heterocycles. The monoisotopic (exact) mass is 523 g/mol. The standard InChI is InChI=1S/C38H25N3/c1-2-8-25(9-3-1)26-14-16-28(17-15-26)37-33-12-6-7-13-35(33)40-38(41-37)29-20-18-27(19-21-29)36-34-24-30-10-4-5-11-31(30)32(34)22-23-39-36/h1-23H,24H2. The molecule has 0 amide bonds.